The second-order valence-electron chi connectivity index (χ2n) is 5.72. The molecule has 3 nitrogen and oxygen atoms in total. The molecule has 0 spiro atoms. The minimum atomic E-state index is 0.355. The lowest BCUT2D eigenvalue weighted by atomic mass is 9.88. The van der Waals surface area contributed by atoms with Gasteiger partial charge in [0.05, 0.1) is 0 Å². The molecule has 1 rings (SSSR count). The summed E-state index contributed by atoms with van der Waals surface area (Å²) in [7, 11) is 0. The third-order valence-corrected chi connectivity index (χ3v) is 2.61. The molecule has 3 heteroatoms. The van der Waals surface area contributed by atoms with Gasteiger partial charge in [0.2, 0.25) is 0 Å². The fourth-order valence-electron chi connectivity index (χ4n) is 1.74. The molecule has 0 fully saturated rings. The molecule has 0 unspecified atom stereocenters. The number of H-pyrrole nitrogens is 1. The molecule has 0 bridgehead atoms. The molecule has 0 aliphatic heterocycles. The van der Waals surface area contributed by atoms with Crippen LogP contribution in [0, 0.1) is 5.41 Å². The number of hydrogen-bond acceptors (Lipinski definition) is 2. The second kappa shape index (κ2) is 4.25. The highest BCUT2D eigenvalue weighted by Crippen LogP contribution is 2.27. The largest absolute Gasteiger partial charge is 0.382 e. The monoisotopic (exact) mass is 209 g/mol. The highest BCUT2D eigenvalue weighted by molar-refractivity contribution is 5.44. The van der Waals surface area contributed by atoms with E-state index in [0.717, 1.165) is 12.8 Å². The molecule has 0 saturated heterocycles. The van der Waals surface area contributed by atoms with Gasteiger partial charge in [0.15, 0.2) is 0 Å². The van der Waals surface area contributed by atoms with Crippen molar-refractivity contribution < 1.29 is 0 Å². The average molecular weight is 209 g/mol. The molecular weight excluding hydrogens is 186 g/mol. The SMILES string of the molecule is CC(C)c1c(N)n[nH]c1CCC(C)(C)C. The van der Waals surface area contributed by atoms with Crippen LogP contribution in [-0.2, 0) is 6.42 Å². The number of aromatic amines is 1. The molecule has 0 radical (unpaired) electrons. The van der Waals surface area contributed by atoms with Crippen LogP contribution in [0.1, 0.15) is 58.2 Å². The van der Waals surface area contributed by atoms with Crippen molar-refractivity contribution in [2.45, 2.75) is 53.4 Å². The molecular formula is C12H23N3. The maximum absolute atomic E-state index is 5.84. The van der Waals surface area contributed by atoms with Crippen LogP contribution in [-0.4, -0.2) is 10.2 Å². The Kier molecular flexibility index (Phi) is 3.42. The molecule has 1 heterocycles. The van der Waals surface area contributed by atoms with Gasteiger partial charge in [-0.2, -0.15) is 5.10 Å². The van der Waals surface area contributed by atoms with Gasteiger partial charge in [-0.05, 0) is 24.2 Å². The van der Waals surface area contributed by atoms with E-state index in [0.29, 0.717) is 17.2 Å². The van der Waals surface area contributed by atoms with Crippen LogP contribution >= 0.6 is 0 Å². The zero-order valence-electron chi connectivity index (χ0n) is 10.5. The summed E-state index contributed by atoms with van der Waals surface area (Å²) >= 11 is 0. The van der Waals surface area contributed by atoms with E-state index in [1.807, 2.05) is 0 Å². The highest BCUT2D eigenvalue weighted by Gasteiger charge is 2.17. The Bertz CT molecular complexity index is 318. The van der Waals surface area contributed by atoms with Crippen molar-refractivity contribution in [1.82, 2.24) is 10.2 Å². The maximum Gasteiger partial charge on any atom is 0.148 e. The number of hydrogen-bond donors (Lipinski definition) is 2. The quantitative estimate of drug-likeness (QED) is 0.803. The molecule has 0 saturated carbocycles. The molecule has 0 atom stereocenters. The van der Waals surface area contributed by atoms with E-state index in [1.54, 1.807) is 0 Å². The van der Waals surface area contributed by atoms with E-state index in [4.69, 9.17) is 5.73 Å². The van der Waals surface area contributed by atoms with Gasteiger partial charge in [0.1, 0.15) is 5.82 Å². The molecule has 0 aliphatic carbocycles. The summed E-state index contributed by atoms with van der Waals surface area (Å²) in [5.74, 6) is 1.10. The van der Waals surface area contributed by atoms with Crippen molar-refractivity contribution in [2.75, 3.05) is 5.73 Å². The molecule has 0 amide bonds. The number of nitrogens with two attached hydrogens (primary N) is 1. The Balaban J connectivity index is 2.78. The van der Waals surface area contributed by atoms with Gasteiger partial charge in [-0.15, -0.1) is 0 Å². The molecule has 0 aromatic carbocycles. The number of nitrogen functional groups attached to an aromatic ring is 1. The lowest BCUT2D eigenvalue weighted by molar-refractivity contribution is 0.375. The van der Waals surface area contributed by atoms with E-state index in [2.05, 4.69) is 44.8 Å². The van der Waals surface area contributed by atoms with E-state index < -0.39 is 0 Å². The van der Waals surface area contributed by atoms with E-state index in [-0.39, 0.29) is 0 Å². The van der Waals surface area contributed by atoms with Crippen LogP contribution in [0.2, 0.25) is 0 Å². The van der Waals surface area contributed by atoms with Gasteiger partial charge in [-0.25, -0.2) is 0 Å². The molecule has 1 aromatic heterocycles. The van der Waals surface area contributed by atoms with Gasteiger partial charge in [0.25, 0.3) is 0 Å². The first-order valence-electron chi connectivity index (χ1n) is 5.64. The van der Waals surface area contributed by atoms with Crippen molar-refractivity contribution >= 4 is 5.82 Å². The average Bonchev–Trinajstić information content (AvgIpc) is 2.42. The Hall–Kier alpha value is -0.990. The number of nitrogens with zero attached hydrogens (tertiary/aromatic N) is 1. The summed E-state index contributed by atoms with van der Waals surface area (Å²) in [6.07, 6.45) is 2.18. The van der Waals surface area contributed by atoms with Crippen LogP contribution in [0.5, 0.6) is 0 Å². The third kappa shape index (κ3) is 3.26. The molecule has 86 valence electrons. The first-order chi connectivity index (χ1) is 6.81. The number of aromatic nitrogens is 2. The predicted molar refractivity (Wildman–Crippen MR) is 64.9 cm³/mol. The predicted octanol–water partition coefficient (Wildman–Crippen LogP) is 3.09. The standard InChI is InChI=1S/C12H23N3/c1-8(2)10-9(14-15-11(10)13)6-7-12(3,4)5/h8H,6-7H2,1-5H3,(H3,13,14,15). The Morgan fingerprint density at radius 1 is 1.33 bits per heavy atom. The maximum atomic E-state index is 5.84. The highest BCUT2D eigenvalue weighted by atomic mass is 15.2. The number of nitrogens with one attached hydrogen (secondary N) is 1. The summed E-state index contributed by atoms with van der Waals surface area (Å²) in [6.45, 7) is 11.1. The Morgan fingerprint density at radius 3 is 2.40 bits per heavy atom. The summed E-state index contributed by atoms with van der Waals surface area (Å²) in [6, 6.07) is 0. The van der Waals surface area contributed by atoms with Crippen LogP contribution < -0.4 is 5.73 Å². The van der Waals surface area contributed by atoms with Gasteiger partial charge < -0.3 is 5.73 Å². The first kappa shape index (κ1) is 12.1. The zero-order chi connectivity index (χ0) is 11.6. The summed E-state index contributed by atoms with van der Waals surface area (Å²) in [5, 5.41) is 7.14. The van der Waals surface area contributed by atoms with Crippen molar-refractivity contribution in [3.05, 3.63) is 11.3 Å². The number of aryl methyl sites for hydroxylation is 1. The normalized spacial score (nSPS) is 12.4. The Morgan fingerprint density at radius 2 is 1.93 bits per heavy atom. The smallest absolute Gasteiger partial charge is 0.148 e. The lowest BCUT2D eigenvalue weighted by Gasteiger charge is -2.18. The number of rotatable bonds is 3. The summed E-state index contributed by atoms with van der Waals surface area (Å²) in [5.41, 5.74) is 8.59. The minimum absolute atomic E-state index is 0.355. The fourth-order valence-corrected chi connectivity index (χ4v) is 1.74. The van der Waals surface area contributed by atoms with Gasteiger partial charge >= 0.3 is 0 Å². The third-order valence-electron chi connectivity index (χ3n) is 2.61. The van der Waals surface area contributed by atoms with Crippen molar-refractivity contribution in [2.24, 2.45) is 5.41 Å². The fraction of sp³-hybridized carbons (Fsp3) is 0.750. The zero-order valence-corrected chi connectivity index (χ0v) is 10.5. The van der Waals surface area contributed by atoms with E-state index in [9.17, 15) is 0 Å². The van der Waals surface area contributed by atoms with Gasteiger partial charge in [0, 0.05) is 11.3 Å². The number of anilines is 1. The minimum Gasteiger partial charge on any atom is -0.382 e. The van der Waals surface area contributed by atoms with Crippen molar-refractivity contribution in [3.8, 4) is 0 Å². The Labute approximate surface area is 92.5 Å². The van der Waals surface area contributed by atoms with Gasteiger partial charge in [-0.1, -0.05) is 34.6 Å². The molecule has 0 aliphatic rings. The van der Waals surface area contributed by atoms with Crippen LogP contribution in [0.25, 0.3) is 0 Å². The molecule has 15 heavy (non-hydrogen) atoms. The summed E-state index contributed by atoms with van der Waals surface area (Å²) in [4.78, 5) is 0. The van der Waals surface area contributed by atoms with E-state index in [1.165, 1.54) is 11.3 Å². The van der Waals surface area contributed by atoms with Gasteiger partial charge in [-0.3, -0.25) is 5.10 Å². The van der Waals surface area contributed by atoms with E-state index >= 15 is 0 Å². The van der Waals surface area contributed by atoms with Crippen molar-refractivity contribution in [1.29, 1.82) is 0 Å². The lowest BCUT2D eigenvalue weighted by Crippen LogP contribution is -2.08. The molecule has 1 aromatic rings. The van der Waals surface area contributed by atoms with Crippen LogP contribution in [0.3, 0.4) is 0 Å². The first-order valence-corrected chi connectivity index (χ1v) is 5.64. The topological polar surface area (TPSA) is 54.7 Å². The summed E-state index contributed by atoms with van der Waals surface area (Å²) < 4.78 is 0. The molecule has 3 N–H and O–H groups in total. The van der Waals surface area contributed by atoms with Crippen LogP contribution in [0.15, 0.2) is 0 Å². The van der Waals surface area contributed by atoms with Crippen LogP contribution in [0.4, 0.5) is 5.82 Å². The van der Waals surface area contributed by atoms with Crippen molar-refractivity contribution in [3.63, 3.8) is 0 Å². The second-order valence-corrected chi connectivity index (χ2v) is 5.72.